The first-order valence-corrected chi connectivity index (χ1v) is 4.57. The topological polar surface area (TPSA) is 17.1 Å². The summed E-state index contributed by atoms with van der Waals surface area (Å²) in [5, 5.41) is 0. The van der Waals surface area contributed by atoms with E-state index in [2.05, 4.69) is 27.8 Å². The average Bonchev–Trinajstić information content (AvgIpc) is 2.36. The Labute approximate surface area is 77.6 Å². The largest absolute Gasteiger partial charge is 0.278 e. The smallest absolute Gasteiger partial charge is 0.245 e. The zero-order valence-electron chi connectivity index (χ0n) is 5.85. The fraction of sp³-hybridized carbons (Fsp3) is 0.125. The summed E-state index contributed by atoms with van der Waals surface area (Å²) in [5.74, 6) is 4.93. The van der Waals surface area contributed by atoms with Gasteiger partial charge in [0.1, 0.15) is 0 Å². The molecule has 1 aromatic rings. The van der Waals surface area contributed by atoms with Crippen LogP contribution < -0.4 is 0 Å². The van der Waals surface area contributed by atoms with Gasteiger partial charge in [-0.25, -0.2) is 0 Å². The molecule has 0 fully saturated rings. The molecule has 1 heterocycles. The standard InChI is InChI=1S/C8H5BrOS/c1-2-3-6(10)7-4-5-8(9)11-7/h4-5H,1H3. The molecule has 0 atom stereocenters. The van der Waals surface area contributed by atoms with Gasteiger partial charge >= 0.3 is 0 Å². The lowest BCUT2D eigenvalue weighted by molar-refractivity contribution is 0.106. The molecule has 0 aliphatic heterocycles. The first-order valence-electron chi connectivity index (χ1n) is 2.96. The third-order valence-electron chi connectivity index (χ3n) is 1.04. The van der Waals surface area contributed by atoms with Gasteiger partial charge in [0.2, 0.25) is 5.78 Å². The molecule has 1 nitrogen and oxygen atoms in total. The molecule has 0 aliphatic carbocycles. The number of carbonyl (C=O) groups excluding carboxylic acids is 1. The number of carbonyl (C=O) groups is 1. The molecule has 11 heavy (non-hydrogen) atoms. The first-order chi connectivity index (χ1) is 5.24. The fourth-order valence-electron chi connectivity index (χ4n) is 0.611. The van der Waals surface area contributed by atoms with Crippen LogP contribution in [0.4, 0.5) is 0 Å². The molecular weight excluding hydrogens is 224 g/mol. The van der Waals surface area contributed by atoms with Crippen LogP contribution in [-0.2, 0) is 0 Å². The lowest BCUT2D eigenvalue weighted by Gasteiger charge is -1.81. The van der Waals surface area contributed by atoms with E-state index in [0.29, 0.717) is 4.88 Å². The zero-order valence-corrected chi connectivity index (χ0v) is 8.25. The Hall–Kier alpha value is -0.590. The van der Waals surface area contributed by atoms with Crippen molar-refractivity contribution in [1.29, 1.82) is 0 Å². The molecule has 0 saturated carbocycles. The van der Waals surface area contributed by atoms with Crippen molar-refractivity contribution in [3.8, 4) is 11.8 Å². The van der Waals surface area contributed by atoms with Crippen LogP contribution in [-0.4, -0.2) is 5.78 Å². The van der Waals surface area contributed by atoms with E-state index >= 15 is 0 Å². The van der Waals surface area contributed by atoms with Crippen LogP contribution in [0.1, 0.15) is 16.6 Å². The van der Waals surface area contributed by atoms with E-state index in [0.717, 1.165) is 3.79 Å². The van der Waals surface area contributed by atoms with E-state index in [1.807, 2.05) is 6.07 Å². The maximum atomic E-state index is 11.1. The van der Waals surface area contributed by atoms with Crippen LogP contribution in [0.5, 0.6) is 0 Å². The Morgan fingerprint density at radius 3 is 2.82 bits per heavy atom. The van der Waals surface area contributed by atoms with E-state index in [1.165, 1.54) is 11.3 Å². The van der Waals surface area contributed by atoms with E-state index in [4.69, 9.17) is 0 Å². The highest BCUT2D eigenvalue weighted by molar-refractivity contribution is 9.11. The number of rotatable bonds is 1. The van der Waals surface area contributed by atoms with Gasteiger partial charge in [-0.15, -0.1) is 11.3 Å². The number of thiophene rings is 1. The van der Waals surface area contributed by atoms with E-state index in [-0.39, 0.29) is 5.78 Å². The SMILES string of the molecule is CC#CC(=O)c1ccc(Br)s1. The molecule has 0 amide bonds. The van der Waals surface area contributed by atoms with Crippen LogP contribution in [0.15, 0.2) is 15.9 Å². The van der Waals surface area contributed by atoms with Gasteiger partial charge < -0.3 is 0 Å². The maximum absolute atomic E-state index is 11.1. The van der Waals surface area contributed by atoms with Crippen LogP contribution in [0.3, 0.4) is 0 Å². The van der Waals surface area contributed by atoms with Crippen molar-refractivity contribution in [2.75, 3.05) is 0 Å². The van der Waals surface area contributed by atoms with Gasteiger partial charge in [0.15, 0.2) is 0 Å². The normalized spacial score (nSPS) is 8.55. The Kier molecular flexibility index (Phi) is 2.86. The molecule has 56 valence electrons. The molecule has 0 saturated heterocycles. The molecule has 0 N–H and O–H groups in total. The van der Waals surface area contributed by atoms with Crippen molar-refractivity contribution in [3.63, 3.8) is 0 Å². The summed E-state index contributed by atoms with van der Waals surface area (Å²) < 4.78 is 0.957. The van der Waals surface area contributed by atoms with Gasteiger partial charge in [-0.2, -0.15) is 0 Å². The second-order valence-electron chi connectivity index (χ2n) is 1.81. The number of ketones is 1. The highest BCUT2D eigenvalue weighted by Crippen LogP contribution is 2.21. The van der Waals surface area contributed by atoms with Crippen molar-refractivity contribution >= 4 is 33.0 Å². The minimum atomic E-state index is -0.108. The van der Waals surface area contributed by atoms with Crippen molar-refractivity contribution in [3.05, 3.63) is 20.8 Å². The lowest BCUT2D eigenvalue weighted by atomic mass is 10.3. The highest BCUT2D eigenvalue weighted by atomic mass is 79.9. The maximum Gasteiger partial charge on any atom is 0.245 e. The summed E-state index contributed by atoms with van der Waals surface area (Å²) in [6.07, 6.45) is 0. The number of hydrogen-bond donors (Lipinski definition) is 0. The van der Waals surface area contributed by atoms with Gasteiger partial charge in [-0.3, -0.25) is 4.79 Å². The predicted octanol–water partition coefficient (Wildman–Crippen LogP) is 2.72. The molecule has 0 spiro atoms. The van der Waals surface area contributed by atoms with Crippen LogP contribution in [0.2, 0.25) is 0 Å². The molecule has 0 bridgehead atoms. The second-order valence-corrected chi connectivity index (χ2v) is 4.27. The van der Waals surface area contributed by atoms with Crippen LogP contribution >= 0.6 is 27.3 Å². The summed E-state index contributed by atoms with van der Waals surface area (Å²) in [7, 11) is 0. The monoisotopic (exact) mass is 228 g/mol. The van der Waals surface area contributed by atoms with Crippen LogP contribution in [0.25, 0.3) is 0 Å². The molecule has 0 radical (unpaired) electrons. The Morgan fingerprint density at radius 2 is 2.36 bits per heavy atom. The van der Waals surface area contributed by atoms with Crippen molar-refractivity contribution < 1.29 is 4.79 Å². The summed E-state index contributed by atoms with van der Waals surface area (Å²) >= 11 is 4.67. The van der Waals surface area contributed by atoms with E-state index < -0.39 is 0 Å². The van der Waals surface area contributed by atoms with Gasteiger partial charge in [0, 0.05) is 0 Å². The van der Waals surface area contributed by atoms with Crippen LogP contribution in [0, 0.1) is 11.8 Å². The van der Waals surface area contributed by atoms with E-state index in [9.17, 15) is 4.79 Å². The minimum absolute atomic E-state index is 0.108. The van der Waals surface area contributed by atoms with Gasteiger partial charge in [-0.05, 0) is 40.9 Å². The summed E-state index contributed by atoms with van der Waals surface area (Å²) in [5.41, 5.74) is 0. The Bertz CT molecular complexity index is 329. The Balaban J connectivity index is 2.91. The number of Topliss-reactive ketones (excluding diaryl/α,β-unsaturated/α-hetero) is 1. The molecule has 0 unspecified atom stereocenters. The third-order valence-corrected chi connectivity index (χ3v) is 2.66. The van der Waals surface area contributed by atoms with Gasteiger partial charge in [0.05, 0.1) is 8.66 Å². The first kappa shape index (κ1) is 8.51. The van der Waals surface area contributed by atoms with Crippen molar-refractivity contribution in [2.24, 2.45) is 0 Å². The summed E-state index contributed by atoms with van der Waals surface area (Å²) in [6, 6.07) is 3.61. The molecule has 1 rings (SSSR count). The number of hydrogen-bond acceptors (Lipinski definition) is 2. The molecule has 0 aliphatic rings. The Morgan fingerprint density at radius 1 is 1.64 bits per heavy atom. The number of halogens is 1. The third kappa shape index (κ3) is 2.18. The highest BCUT2D eigenvalue weighted by Gasteiger charge is 2.03. The molecule has 0 aromatic carbocycles. The van der Waals surface area contributed by atoms with Gasteiger partial charge in [0.25, 0.3) is 0 Å². The van der Waals surface area contributed by atoms with Crippen molar-refractivity contribution in [1.82, 2.24) is 0 Å². The van der Waals surface area contributed by atoms with Crippen molar-refractivity contribution in [2.45, 2.75) is 6.92 Å². The summed E-state index contributed by atoms with van der Waals surface area (Å²) in [4.78, 5) is 11.8. The average molecular weight is 229 g/mol. The molecule has 3 heteroatoms. The minimum Gasteiger partial charge on any atom is -0.278 e. The molecular formula is C8H5BrOS. The quantitative estimate of drug-likeness (QED) is 0.411. The predicted molar refractivity (Wildman–Crippen MR) is 49.8 cm³/mol. The molecule has 1 aromatic heterocycles. The van der Waals surface area contributed by atoms with Gasteiger partial charge in [-0.1, -0.05) is 5.92 Å². The lowest BCUT2D eigenvalue weighted by Crippen LogP contribution is -1.88. The zero-order chi connectivity index (χ0) is 8.27. The summed E-state index contributed by atoms with van der Waals surface area (Å²) in [6.45, 7) is 1.65. The fourth-order valence-corrected chi connectivity index (χ4v) is 1.89. The second kappa shape index (κ2) is 3.70. The van der Waals surface area contributed by atoms with E-state index in [1.54, 1.807) is 13.0 Å².